The van der Waals surface area contributed by atoms with E-state index in [4.69, 9.17) is 0 Å². The minimum Gasteiger partial charge on any atom is -0.308 e. The van der Waals surface area contributed by atoms with Crippen LogP contribution >= 0.6 is 12.6 Å². The third-order valence-corrected chi connectivity index (χ3v) is 4.15. The Labute approximate surface area is 119 Å². The maximum Gasteiger partial charge on any atom is 0.0110 e. The normalized spacial score (nSPS) is 20.5. The molecule has 18 heavy (non-hydrogen) atoms. The third-order valence-electron chi connectivity index (χ3n) is 3.89. The van der Waals surface area contributed by atoms with E-state index in [1.54, 1.807) is 0 Å². The maximum absolute atomic E-state index is 4.31. The van der Waals surface area contributed by atoms with Crippen LogP contribution in [0, 0.1) is 5.92 Å². The summed E-state index contributed by atoms with van der Waals surface area (Å²) in [6.45, 7) is 11.0. The van der Waals surface area contributed by atoms with E-state index in [0.29, 0.717) is 0 Å². The van der Waals surface area contributed by atoms with Gasteiger partial charge in [0.1, 0.15) is 0 Å². The molecule has 1 aliphatic heterocycles. The minimum absolute atomic E-state index is 0.828. The molecule has 0 N–H and O–H groups in total. The van der Waals surface area contributed by atoms with Gasteiger partial charge in [-0.1, -0.05) is 6.92 Å². The molecule has 0 aliphatic carbocycles. The van der Waals surface area contributed by atoms with Gasteiger partial charge in [0, 0.05) is 39.3 Å². The Hall–Kier alpha value is 0.230. The van der Waals surface area contributed by atoms with Crippen LogP contribution in [-0.2, 0) is 0 Å². The molecule has 1 aliphatic rings. The molecular weight excluding hydrogens is 242 g/mol. The first-order valence-electron chi connectivity index (χ1n) is 7.32. The van der Waals surface area contributed by atoms with Gasteiger partial charge < -0.3 is 9.80 Å². The highest BCUT2D eigenvalue weighted by molar-refractivity contribution is 7.80. The summed E-state index contributed by atoms with van der Waals surface area (Å²) in [5.74, 6) is 1.86. The monoisotopic (exact) mass is 273 g/mol. The summed E-state index contributed by atoms with van der Waals surface area (Å²) in [7, 11) is 4.30. The van der Waals surface area contributed by atoms with E-state index in [1.807, 2.05) is 0 Å². The van der Waals surface area contributed by atoms with E-state index >= 15 is 0 Å². The van der Waals surface area contributed by atoms with Crippen molar-refractivity contribution in [1.82, 2.24) is 14.7 Å². The van der Waals surface area contributed by atoms with E-state index in [-0.39, 0.29) is 0 Å². The Morgan fingerprint density at radius 1 is 1.00 bits per heavy atom. The lowest BCUT2D eigenvalue weighted by Gasteiger charge is -2.35. The molecule has 0 spiro atoms. The predicted molar refractivity (Wildman–Crippen MR) is 83.7 cm³/mol. The summed E-state index contributed by atoms with van der Waals surface area (Å²) in [4.78, 5) is 7.49. The highest BCUT2D eigenvalue weighted by Crippen LogP contribution is 2.10. The predicted octanol–water partition coefficient (Wildman–Crippen LogP) is 1.51. The van der Waals surface area contributed by atoms with Gasteiger partial charge in [-0.15, -0.1) is 0 Å². The molecular formula is C14H31N3S. The Bertz CT molecular complexity index is 203. The second-order valence-electron chi connectivity index (χ2n) is 5.89. The quantitative estimate of drug-likeness (QED) is 0.672. The molecule has 1 saturated heterocycles. The van der Waals surface area contributed by atoms with Crippen LogP contribution in [0.5, 0.6) is 0 Å². The number of likely N-dealkylation sites (N-methyl/N-ethyl adjacent to an activating group) is 1. The summed E-state index contributed by atoms with van der Waals surface area (Å²) >= 11 is 4.31. The van der Waals surface area contributed by atoms with Crippen molar-refractivity contribution in [3.63, 3.8) is 0 Å². The summed E-state index contributed by atoms with van der Waals surface area (Å²) < 4.78 is 0. The van der Waals surface area contributed by atoms with E-state index in [1.165, 1.54) is 58.7 Å². The fourth-order valence-corrected chi connectivity index (χ4v) is 2.79. The van der Waals surface area contributed by atoms with Crippen LogP contribution in [0.4, 0.5) is 0 Å². The van der Waals surface area contributed by atoms with Crippen LogP contribution < -0.4 is 0 Å². The second kappa shape index (κ2) is 9.18. The smallest absolute Gasteiger partial charge is 0.0110 e. The molecule has 0 amide bonds. The Morgan fingerprint density at radius 3 is 2.06 bits per heavy atom. The largest absolute Gasteiger partial charge is 0.308 e. The van der Waals surface area contributed by atoms with Crippen molar-refractivity contribution in [3.8, 4) is 0 Å². The third kappa shape index (κ3) is 6.98. The Balaban J connectivity index is 2.08. The lowest BCUT2D eigenvalue weighted by atomic mass is 10.0. The van der Waals surface area contributed by atoms with Crippen molar-refractivity contribution in [2.45, 2.75) is 19.8 Å². The van der Waals surface area contributed by atoms with Crippen molar-refractivity contribution in [3.05, 3.63) is 0 Å². The van der Waals surface area contributed by atoms with Gasteiger partial charge >= 0.3 is 0 Å². The van der Waals surface area contributed by atoms with E-state index in [2.05, 4.69) is 48.3 Å². The van der Waals surface area contributed by atoms with Crippen LogP contribution in [0.15, 0.2) is 0 Å². The maximum atomic E-state index is 4.31. The average molecular weight is 273 g/mol. The summed E-state index contributed by atoms with van der Waals surface area (Å²) in [5, 5.41) is 0. The first-order valence-corrected chi connectivity index (χ1v) is 7.95. The minimum atomic E-state index is 0.828. The number of nitrogens with zero attached hydrogens (tertiary/aromatic N) is 3. The summed E-state index contributed by atoms with van der Waals surface area (Å²) in [5.41, 5.74) is 0. The van der Waals surface area contributed by atoms with Crippen molar-refractivity contribution >= 4 is 12.6 Å². The average Bonchev–Trinajstić information content (AvgIpc) is 2.35. The van der Waals surface area contributed by atoms with Crippen molar-refractivity contribution in [2.75, 3.05) is 65.7 Å². The number of hydrogen-bond acceptors (Lipinski definition) is 4. The Morgan fingerprint density at radius 2 is 1.56 bits per heavy atom. The standard InChI is InChI=1S/C14H31N3S/c1-14(5-13-18)4-6-16-9-11-17(12-10-16)8-7-15(2)3/h14,18H,4-13H2,1-3H3. The van der Waals surface area contributed by atoms with Crippen molar-refractivity contribution in [1.29, 1.82) is 0 Å². The molecule has 0 aromatic rings. The van der Waals surface area contributed by atoms with Crippen molar-refractivity contribution in [2.24, 2.45) is 5.92 Å². The van der Waals surface area contributed by atoms with Crippen LogP contribution in [0.3, 0.4) is 0 Å². The zero-order chi connectivity index (χ0) is 13.4. The first-order chi connectivity index (χ1) is 8.61. The van der Waals surface area contributed by atoms with Gasteiger partial charge in [0.05, 0.1) is 0 Å². The number of hydrogen-bond donors (Lipinski definition) is 1. The highest BCUT2D eigenvalue weighted by atomic mass is 32.1. The SMILES string of the molecule is CC(CCS)CCN1CCN(CCN(C)C)CC1. The Kier molecular flexibility index (Phi) is 8.31. The zero-order valence-corrected chi connectivity index (χ0v) is 13.3. The van der Waals surface area contributed by atoms with Gasteiger partial charge in [0.2, 0.25) is 0 Å². The van der Waals surface area contributed by atoms with E-state index < -0.39 is 0 Å². The molecule has 4 heteroatoms. The molecule has 1 rings (SSSR count). The van der Waals surface area contributed by atoms with Crippen LogP contribution in [0.2, 0.25) is 0 Å². The molecule has 0 aromatic heterocycles. The topological polar surface area (TPSA) is 9.72 Å². The molecule has 0 saturated carbocycles. The number of rotatable bonds is 8. The summed E-state index contributed by atoms with van der Waals surface area (Å²) in [6, 6.07) is 0. The molecule has 0 bridgehead atoms. The lowest BCUT2D eigenvalue weighted by molar-refractivity contribution is 0.121. The van der Waals surface area contributed by atoms with Crippen LogP contribution in [0.25, 0.3) is 0 Å². The van der Waals surface area contributed by atoms with Gasteiger partial charge in [0.15, 0.2) is 0 Å². The molecule has 108 valence electrons. The molecule has 0 aromatic carbocycles. The molecule has 1 atom stereocenters. The molecule has 0 radical (unpaired) electrons. The molecule has 1 fully saturated rings. The number of piperazine rings is 1. The molecule has 1 unspecified atom stereocenters. The first kappa shape index (κ1) is 16.3. The number of thiol groups is 1. The van der Waals surface area contributed by atoms with Gasteiger partial charge in [-0.05, 0) is 45.2 Å². The summed E-state index contributed by atoms with van der Waals surface area (Å²) in [6.07, 6.45) is 2.59. The van der Waals surface area contributed by atoms with Crippen LogP contribution in [0.1, 0.15) is 19.8 Å². The molecule has 3 nitrogen and oxygen atoms in total. The molecule has 1 heterocycles. The van der Waals surface area contributed by atoms with Gasteiger partial charge in [-0.2, -0.15) is 12.6 Å². The van der Waals surface area contributed by atoms with E-state index in [0.717, 1.165) is 11.7 Å². The van der Waals surface area contributed by atoms with Gasteiger partial charge in [-0.3, -0.25) is 4.90 Å². The van der Waals surface area contributed by atoms with Gasteiger partial charge in [0.25, 0.3) is 0 Å². The van der Waals surface area contributed by atoms with E-state index in [9.17, 15) is 0 Å². The fraction of sp³-hybridized carbons (Fsp3) is 1.00. The second-order valence-corrected chi connectivity index (χ2v) is 6.34. The van der Waals surface area contributed by atoms with Gasteiger partial charge in [-0.25, -0.2) is 0 Å². The lowest BCUT2D eigenvalue weighted by Crippen LogP contribution is -2.48. The fourth-order valence-electron chi connectivity index (χ4n) is 2.35. The zero-order valence-electron chi connectivity index (χ0n) is 12.4. The van der Waals surface area contributed by atoms with Crippen LogP contribution in [-0.4, -0.2) is 80.4 Å². The highest BCUT2D eigenvalue weighted by Gasteiger charge is 2.16. The van der Waals surface area contributed by atoms with Crippen molar-refractivity contribution < 1.29 is 0 Å².